The van der Waals surface area contributed by atoms with E-state index in [9.17, 15) is 9.59 Å². The summed E-state index contributed by atoms with van der Waals surface area (Å²) in [6.45, 7) is 0.177. The Morgan fingerprint density at radius 1 is 1.16 bits per heavy atom. The molecule has 0 saturated heterocycles. The maximum atomic E-state index is 12.3. The first-order valence-electron chi connectivity index (χ1n) is 7.74. The van der Waals surface area contributed by atoms with Gasteiger partial charge in [0.05, 0.1) is 11.8 Å². The highest BCUT2D eigenvalue weighted by molar-refractivity contribution is 7.14. The summed E-state index contributed by atoms with van der Waals surface area (Å²) >= 11 is 1.27. The molecule has 6 nitrogen and oxygen atoms in total. The number of benzene rings is 1. The van der Waals surface area contributed by atoms with Gasteiger partial charge in [0.25, 0.3) is 11.8 Å². The maximum Gasteiger partial charge on any atom is 0.280 e. The van der Waals surface area contributed by atoms with Crippen LogP contribution in [0.25, 0.3) is 0 Å². The molecular formula is C18H18N3O3S+. The van der Waals surface area contributed by atoms with E-state index in [1.807, 2.05) is 47.8 Å². The van der Waals surface area contributed by atoms with Gasteiger partial charge in [-0.25, -0.2) is 0 Å². The highest BCUT2D eigenvalue weighted by Crippen LogP contribution is 2.22. The van der Waals surface area contributed by atoms with Crippen molar-refractivity contribution in [3.05, 3.63) is 77.1 Å². The predicted molar refractivity (Wildman–Crippen MR) is 95.3 cm³/mol. The zero-order chi connectivity index (χ0) is 17.6. The number of rotatable bonds is 7. The molecule has 1 aromatic carbocycles. The van der Waals surface area contributed by atoms with E-state index in [2.05, 4.69) is 5.32 Å². The van der Waals surface area contributed by atoms with E-state index in [1.165, 1.54) is 11.3 Å². The number of furan rings is 1. The van der Waals surface area contributed by atoms with Crippen molar-refractivity contribution in [1.29, 1.82) is 0 Å². The van der Waals surface area contributed by atoms with Crippen molar-refractivity contribution in [2.75, 3.05) is 11.9 Å². The molecule has 0 unspecified atom stereocenters. The molecule has 2 heterocycles. The number of anilines is 1. The second-order valence-electron chi connectivity index (χ2n) is 5.42. The first kappa shape index (κ1) is 16.9. The summed E-state index contributed by atoms with van der Waals surface area (Å²) in [4.78, 5) is 23.6. The predicted octanol–water partition coefficient (Wildman–Crippen LogP) is 1.73. The van der Waals surface area contributed by atoms with Crippen LogP contribution in [-0.4, -0.2) is 18.4 Å². The molecular weight excluding hydrogens is 338 g/mol. The number of primary amides is 1. The van der Waals surface area contributed by atoms with Gasteiger partial charge in [0.2, 0.25) is 0 Å². The average Bonchev–Trinajstić information content (AvgIpc) is 3.28. The molecule has 0 aliphatic rings. The monoisotopic (exact) mass is 356 g/mol. The standard InChI is InChI=1S/C18H17N3O3S/c19-17(23)13-8-10-25-18(13)21-15(22)11-20-16(14-7-4-9-24-14)12-5-2-1-3-6-12/h1-10,16,20H,11H2,(H2,19,23)(H,21,22)/p+1/t16-/m0/s1. The van der Waals surface area contributed by atoms with Gasteiger partial charge in [-0.2, -0.15) is 0 Å². The largest absolute Gasteiger partial charge is 0.463 e. The van der Waals surface area contributed by atoms with Crippen LogP contribution in [0.3, 0.4) is 0 Å². The van der Waals surface area contributed by atoms with E-state index < -0.39 is 5.91 Å². The second kappa shape index (κ2) is 7.78. The Morgan fingerprint density at radius 2 is 1.96 bits per heavy atom. The Hall–Kier alpha value is -2.90. The van der Waals surface area contributed by atoms with Crippen molar-refractivity contribution < 1.29 is 19.3 Å². The quantitative estimate of drug-likeness (QED) is 0.601. The molecule has 7 heteroatoms. The van der Waals surface area contributed by atoms with Crippen LogP contribution in [0, 0.1) is 0 Å². The first-order chi connectivity index (χ1) is 12.1. The first-order valence-corrected chi connectivity index (χ1v) is 8.62. The van der Waals surface area contributed by atoms with Gasteiger partial charge in [-0.1, -0.05) is 30.3 Å². The molecule has 25 heavy (non-hydrogen) atoms. The van der Waals surface area contributed by atoms with Crippen LogP contribution >= 0.6 is 11.3 Å². The van der Waals surface area contributed by atoms with Gasteiger partial charge in [0.15, 0.2) is 18.3 Å². The summed E-state index contributed by atoms with van der Waals surface area (Å²) in [5, 5.41) is 6.82. The van der Waals surface area contributed by atoms with Crippen molar-refractivity contribution >= 4 is 28.2 Å². The number of quaternary nitrogens is 1. The fraction of sp³-hybridized carbons (Fsp3) is 0.111. The molecule has 5 N–H and O–H groups in total. The second-order valence-corrected chi connectivity index (χ2v) is 6.34. The molecule has 128 valence electrons. The van der Waals surface area contributed by atoms with Crippen molar-refractivity contribution in [3.8, 4) is 0 Å². The van der Waals surface area contributed by atoms with E-state index in [-0.39, 0.29) is 18.5 Å². The number of hydrogen-bond donors (Lipinski definition) is 3. The molecule has 3 aromatic rings. The molecule has 1 atom stereocenters. The number of amides is 2. The number of nitrogens with two attached hydrogens (primary N) is 2. The van der Waals surface area contributed by atoms with Gasteiger partial charge in [-0.15, -0.1) is 11.3 Å². The Labute approximate surface area is 148 Å². The van der Waals surface area contributed by atoms with Gasteiger partial charge < -0.3 is 20.8 Å². The third-order valence-corrected chi connectivity index (χ3v) is 4.56. The number of hydrogen-bond acceptors (Lipinski definition) is 4. The third-order valence-electron chi connectivity index (χ3n) is 3.73. The zero-order valence-electron chi connectivity index (χ0n) is 13.3. The van der Waals surface area contributed by atoms with Crippen molar-refractivity contribution in [2.45, 2.75) is 6.04 Å². The highest BCUT2D eigenvalue weighted by atomic mass is 32.1. The van der Waals surface area contributed by atoms with E-state index in [0.29, 0.717) is 10.6 Å². The van der Waals surface area contributed by atoms with E-state index >= 15 is 0 Å². The minimum Gasteiger partial charge on any atom is -0.463 e. The van der Waals surface area contributed by atoms with Gasteiger partial charge in [-0.05, 0) is 23.6 Å². The van der Waals surface area contributed by atoms with Crippen molar-refractivity contribution in [2.24, 2.45) is 5.73 Å². The van der Waals surface area contributed by atoms with Crippen LogP contribution in [0.2, 0.25) is 0 Å². The van der Waals surface area contributed by atoms with Crippen molar-refractivity contribution in [3.63, 3.8) is 0 Å². The molecule has 3 rings (SSSR count). The Balaban J connectivity index is 1.68. The molecule has 2 aromatic heterocycles. The topological polar surface area (TPSA) is 102 Å². The summed E-state index contributed by atoms with van der Waals surface area (Å²) in [6.07, 6.45) is 1.62. The number of carbonyl (C=O) groups is 2. The lowest BCUT2D eigenvalue weighted by Crippen LogP contribution is -2.87. The fourth-order valence-corrected chi connectivity index (χ4v) is 3.36. The SMILES string of the molecule is NC(=O)c1ccsc1NC(=O)C[NH2+][C@@H](c1ccccc1)c1ccco1. The summed E-state index contributed by atoms with van der Waals surface area (Å²) in [5.41, 5.74) is 6.66. The normalized spacial score (nSPS) is 11.8. The van der Waals surface area contributed by atoms with Gasteiger partial charge in [0, 0.05) is 5.56 Å². The molecule has 0 radical (unpaired) electrons. The van der Waals surface area contributed by atoms with Crippen LogP contribution < -0.4 is 16.4 Å². The van der Waals surface area contributed by atoms with Gasteiger partial charge in [0.1, 0.15) is 5.00 Å². The van der Waals surface area contributed by atoms with Crippen molar-refractivity contribution in [1.82, 2.24) is 0 Å². The van der Waals surface area contributed by atoms with Crippen LogP contribution in [0.5, 0.6) is 0 Å². The van der Waals surface area contributed by atoms with E-state index in [0.717, 1.165) is 11.3 Å². The summed E-state index contributed by atoms with van der Waals surface area (Å²) < 4.78 is 5.52. The van der Waals surface area contributed by atoms with E-state index in [4.69, 9.17) is 10.2 Å². The minimum atomic E-state index is -0.557. The minimum absolute atomic E-state index is 0.124. The molecule has 0 aliphatic heterocycles. The lowest BCUT2D eigenvalue weighted by Gasteiger charge is -2.13. The molecule has 2 amide bonds. The fourth-order valence-electron chi connectivity index (χ4n) is 2.55. The van der Waals surface area contributed by atoms with Crippen LogP contribution in [0.15, 0.2) is 64.6 Å². The molecule has 0 saturated carbocycles. The van der Waals surface area contributed by atoms with Crippen LogP contribution in [-0.2, 0) is 4.79 Å². The van der Waals surface area contributed by atoms with Crippen LogP contribution in [0.4, 0.5) is 5.00 Å². The number of thiophene rings is 1. The summed E-state index contributed by atoms with van der Waals surface area (Å²) in [7, 11) is 0. The Morgan fingerprint density at radius 3 is 2.64 bits per heavy atom. The lowest BCUT2D eigenvalue weighted by molar-refractivity contribution is -0.678. The Bertz CT molecular complexity index is 844. The molecule has 0 spiro atoms. The molecule has 0 aliphatic carbocycles. The maximum absolute atomic E-state index is 12.3. The lowest BCUT2D eigenvalue weighted by atomic mass is 10.0. The van der Waals surface area contributed by atoms with Gasteiger partial charge >= 0.3 is 0 Å². The molecule has 0 fully saturated rings. The smallest absolute Gasteiger partial charge is 0.280 e. The van der Waals surface area contributed by atoms with Crippen LogP contribution in [0.1, 0.15) is 27.7 Å². The van der Waals surface area contributed by atoms with Gasteiger partial charge in [-0.3, -0.25) is 9.59 Å². The third kappa shape index (κ3) is 4.14. The molecule has 0 bridgehead atoms. The average molecular weight is 356 g/mol. The highest BCUT2D eigenvalue weighted by Gasteiger charge is 2.22. The number of nitrogens with one attached hydrogen (secondary N) is 1. The zero-order valence-corrected chi connectivity index (χ0v) is 14.2. The number of carbonyl (C=O) groups excluding carboxylic acids is 2. The van der Waals surface area contributed by atoms with E-state index in [1.54, 1.807) is 17.7 Å². The summed E-state index contributed by atoms with van der Waals surface area (Å²) in [5.74, 6) is 0.00339. The summed E-state index contributed by atoms with van der Waals surface area (Å²) in [6, 6.07) is 15.0. The Kier molecular flexibility index (Phi) is 5.27.